The molecule has 1 aromatic heterocycles. The van der Waals surface area contributed by atoms with Gasteiger partial charge in [-0.15, -0.1) is 0 Å². The molecule has 30 heavy (non-hydrogen) atoms. The maximum Gasteiger partial charge on any atom is 0.335 e. The molecule has 3 rings (SSSR count). The molecular formula is C22H20N4O4. The zero-order valence-electron chi connectivity index (χ0n) is 16.3. The van der Waals surface area contributed by atoms with Crippen molar-refractivity contribution in [3.63, 3.8) is 0 Å². The number of aromatic nitrogens is 2. The summed E-state index contributed by atoms with van der Waals surface area (Å²) in [7, 11) is 0. The first-order chi connectivity index (χ1) is 14.4. The van der Waals surface area contributed by atoms with Gasteiger partial charge in [0.15, 0.2) is 0 Å². The van der Waals surface area contributed by atoms with Crippen LogP contribution in [0.4, 0.5) is 0 Å². The Morgan fingerprint density at radius 1 is 0.833 bits per heavy atom. The van der Waals surface area contributed by atoms with E-state index in [1.54, 1.807) is 12.1 Å². The van der Waals surface area contributed by atoms with Gasteiger partial charge in [0.05, 0.1) is 5.56 Å². The molecule has 1 heterocycles. The predicted octanol–water partition coefficient (Wildman–Crippen LogP) is 2.34. The standard InChI is InChI=1S/C22H20N4O4/c1-14-3-2-4-16(9-14)12-24-21(28)19-10-18(25-13-26-19)20(27)23-11-15-5-7-17(8-6-15)22(29)30/h2-10,13H,11-12H2,1H3,(H,23,27)(H,24,28)(H,29,30). The number of aromatic carboxylic acids is 1. The van der Waals surface area contributed by atoms with Crippen molar-refractivity contribution in [1.82, 2.24) is 20.6 Å². The van der Waals surface area contributed by atoms with E-state index >= 15 is 0 Å². The number of carbonyl (C=O) groups is 3. The summed E-state index contributed by atoms with van der Waals surface area (Å²) in [5.41, 5.74) is 3.12. The lowest BCUT2D eigenvalue weighted by Gasteiger charge is -2.08. The highest BCUT2D eigenvalue weighted by atomic mass is 16.4. The number of nitrogens with one attached hydrogen (secondary N) is 2. The lowest BCUT2D eigenvalue weighted by Crippen LogP contribution is -2.27. The Hall–Kier alpha value is -4.07. The third-order valence-corrected chi connectivity index (χ3v) is 4.32. The Bertz CT molecular complexity index is 1080. The van der Waals surface area contributed by atoms with Crippen LogP contribution in [0.15, 0.2) is 60.9 Å². The molecule has 152 valence electrons. The second kappa shape index (κ2) is 9.42. The van der Waals surface area contributed by atoms with Gasteiger partial charge in [-0.05, 0) is 30.2 Å². The summed E-state index contributed by atoms with van der Waals surface area (Å²) in [6.45, 7) is 2.51. The van der Waals surface area contributed by atoms with Crippen molar-refractivity contribution < 1.29 is 19.5 Å². The van der Waals surface area contributed by atoms with Crippen molar-refractivity contribution in [2.45, 2.75) is 20.0 Å². The van der Waals surface area contributed by atoms with E-state index in [2.05, 4.69) is 20.6 Å². The number of amides is 2. The fourth-order valence-corrected chi connectivity index (χ4v) is 2.74. The largest absolute Gasteiger partial charge is 0.478 e. The number of carboxylic acid groups (broad SMARTS) is 1. The Morgan fingerprint density at radius 3 is 2.00 bits per heavy atom. The minimum absolute atomic E-state index is 0.0628. The average molecular weight is 404 g/mol. The molecule has 3 N–H and O–H groups in total. The molecule has 0 radical (unpaired) electrons. The van der Waals surface area contributed by atoms with Gasteiger partial charge in [-0.3, -0.25) is 9.59 Å². The van der Waals surface area contributed by atoms with Gasteiger partial charge >= 0.3 is 5.97 Å². The van der Waals surface area contributed by atoms with E-state index < -0.39 is 17.8 Å². The molecule has 0 aliphatic rings. The molecule has 0 atom stereocenters. The summed E-state index contributed by atoms with van der Waals surface area (Å²) < 4.78 is 0. The van der Waals surface area contributed by atoms with Gasteiger partial charge in [-0.25, -0.2) is 14.8 Å². The van der Waals surface area contributed by atoms with E-state index in [-0.39, 0.29) is 23.5 Å². The minimum atomic E-state index is -1.01. The highest BCUT2D eigenvalue weighted by Gasteiger charge is 2.13. The molecule has 0 spiro atoms. The number of nitrogens with zero attached hydrogens (tertiary/aromatic N) is 2. The third-order valence-electron chi connectivity index (χ3n) is 4.32. The second-order valence-corrected chi connectivity index (χ2v) is 6.64. The molecule has 0 aliphatic heterocycles. The molecule has 0 saturated heterocycles. The summed E-state index contributed by atoms with van der Waals surface area (Å²) in [4.78, 5) is 43.5. The Kier molecular flexibility index (Phi) is 6.49. The van der Waals surface area contributed by atoms with E-state index in [0.717, 1.165) is 23.0 Å². The fraction of sp³-hybridized carbons (Fsp3) is 0.136. The van der Waals surface area contributed by atoms with Gasteiger partial charge < -0.3 is 15.7 Å². The van der Waals surface area contributed by atoms with E-state index in [0.29, 0.717) is 6.54 Å². The first kappa shape index (κ1) is 20.7. The lowest BCUT2D eigenvalue weighted by atomic mass is 10.1. The zero-order valence-corrected chi connectivity index (χ0v) is 16.3. The Morgan fingerprint density at radius 2 is 1.43 bits per heavy atom. The number of hydrogen-bond donors (Lipinski definition) is 3. The van der Waals surface area contributed by atoms with E-state index in [1.165, 1.54) is 18.2 Å². The summed E-state index contributed by atoms with van der Waals surface area (Å²) in [6, 6.07) is 15.3. The molecule has 2 amide bonds. The first-order valence-electron chi connectivity index (χ1n) is 9.18. The highest BCUT2D eigenvalue weighted by Crippen LogP contribution is 2.06. The summed E-state index contributed by atoms with van der Waals surface area (Å²) in [5.74, 6) is -1.88. The van der Waals surface area contributed by atoms with Crippen molar-refractivity contribution in [3.8, 4) is 0 Å². The van der Waals surface area contributed by atoms with Crippen LogP contribution in [0.5, 0.6) is 0 Å². The van der Waals surface area contributed by atoms with E-state index in [1.807, 2.05) is 31.2 Å². The van der Waals surface area contributed by atoms with Crippen LogP contribution in [0.3, 0.4) is 0 Å². The number of hydrogen-bond acceptors (Lipinski definition) is 5. The van der Waals surface area contributed by atoms with Gasteiger partial charge in [-0.2, -0.15) is 0 Å². The Labute approximate surface area is 173 Å². The van der Waals surface area contributed by atoms with Crippen LogP contribution < -0.4 is 10.6 Å². The van der Waals surface area contributed by atoms with E-state index in [9.17, 15) is 14.4 Å². The maximum atomic E-state index is 12.4. The fourth-order valence-electron chi connectivity index (χ4n) is 2.74. The molecule has 8 heteroatoms. The van der Waals surface area contributed by atoms with Crippen LogP contribution in [0.25, 0.3) is 0 Å². The van der Waals surface area contributed by atoms with Crippen LogP contribution in [0.1, 0.15) is 48.0 Å². The smallest absolute Gasteiger partial charge is 0.335 e. The quantitative estimate of drug-likeness (QED) is 0.556. The Balaban J connectivity index is 1.58. The summed E-state index contributed by atoms with van der Waals surface area (Å²) in [5, 5.41) is 14.4. The molecule has 0 unspecified atom stereocenters. The predicted molar refractivity (Wildman–Crippen MR) is 109 cm³/mol. The molecule has 2 aromatic carbocycles. The SMILES string of the molecule is Cc1cccc(CNC(=O)c2cc(C(=O)NCc3ccc(C(=O)O)cc3)ncn2)c1. The van der Waals surface area contributed by atoms with Gasteiger partial charge in [0.25, 0.3) is 11.8 Å². The number of benzene rings is 2. The number of rotatable bonds is 7. The van der Waals surface area contributed by atoms with E-state index in [4.69, 9.17) is 5.11 Å². The number of carbonyl (C=O) groups excluding carboxylic acids is 2. The lowest BCUT2D eigenvalue weighted by molar-refractivity contribution is 0.0696. The number of carboxylic acids is 1. The van der Waals surface area contributed by atoms with Crippen LogP contribution in [-0.4, -0.2) is 32.9 Å². The summed E-state index contributed by atoms with van der Waals surface area (Å²) in [6.07, 6.45) is 1.16. The monoisotopic (exact) mass is 404 g/mol. The molecule has 0 aliphatic carbocycles. The topological polar surface area (TPSA) is 121 Å². The van der Waals surface area contributed by atoms with Gasteiger partial charge in [0.2, 0.25) is 0 Å². The van der Waals surface area contributed by atoms with Crippen molar-refractivity contribution in [3.05, 3.63) is 94.6 Å². The highest BCUT2D eigenvalue weighted by molar-refractivity contribution is 5.97. The maximum absolute atomic E-state index is 12.4. The zero-order chi connectivity index (χ0) is 21.5. The van der Waals surface area contributed by atoms with Crippen LogP contribution in [0, 0.1) is 6.92 Å². The van der Waals surface area contributed by atoms with Crippen LogP contribution >= 0.6 is 0 Å². The molecule has 0 fully saturated rings. The van der Waals surface area contributed by atoms with Gasteiger partial charge in [-0.1, -0.05) is 42.0 Å². The molecule has 8 nitrogen and oxygen atoms in total. The first-order valence-corrected chi connectivity index (χ1v) is 9.18. The molecular weight excluding hydrogens is 384 g/mol. The second-order valence-electron chi connectivity index (χ2n) is 6.64. The van der Waals surface area contributed by atoms with Crippen molar-refractivity contribution in [2.75, 3.05) is 0 Å². The minimum Gasteiger partial charge on any atom is -0.478 e. The molecule has 0 saturated carbocycles. The third kappa shape index (κ3) is 5.48. The normalized spacial score (nSPS) is 10.3. The van der Waals surface area contributed by atoms with Crippen LogP contribution in [-0.2, 0) is 13.1 Å². The van der Waals surface area contributed by atoms with Gasteiger partial charge in [0, 0.05) is 19.2 Å². The van der Waals surface area contributed by atoms with Crippen molar-refractivity contribution >= 4 is 17.8 Å². The average Bonchev–Trinajstić information content (AvgIpc) is 2.76. The van der Waals surface area contributed by atoms with Crippen LogP contribution in [0.2, 0.25) is 0 Å². The van der Waals surface area contributed by atoms with Crippen molar-refractivity contribution in [1.29, 1.82) is 0 Å². The molecule has 3 aromatic rings. The van der Waals surface area contributed by atoms with Gasteiger partial charge in [0.1, 0.15) is 17.7 Å². The molecule has 0 bridgehead atoms. The summed E-state index contributed by atoms with van der Waals surface area (Å²) >= 11 is 0. The van der Waals surface area contributed by atoms with Crippen molar-refractivity contribution in [2.24, 2.45) is 0 Å². The number of aryl methyl sites for hydroxylation is 1.